The summed E-state index contributed by atoms with van der Waals surface area (Å²) < 4.78 is 0. The molecule has 2 aliphatic rings. The average Bonchev–Trinajstić information content (AvgIpc) is 3.33. The Kier molecular flexibility index (Phi) is 7.76. The third-order valence-corrected chi connectivity index (χ3v) is 6.84. The fraction of sp³-hybridized carbons (Fsp3) is 0.241. The minimum atomic E-state index is -0.850. The monoisotopic (exact) mass is 514 g/mol. The molecule has 0 aliphatic carbocycles. The molecule has 9 heteroatoms. The number of oxime groups is 1. The number of carbonyl (C=O) groups is 3. The molecule has 1 saturated heterocycles. The van der Waals surface area contributed by atoms with Crippen molar-refractivity contribution in [2.75, 3.05) is 13.1 Å². The van der Waals surface area contributed by atoms with Crippen molar-refractivity contribution in [3.63, 3.8) is 0 Å². The SMILES string of the molecule is Cc1ccc(C2=NOC3(CCN(C(=O)O)CC3)C2)cc1.NC(=O)c1ccc(-c2ccc(C(N)=O)cc2)cc1. The summed E-state index contributed by atoms with van der Waals surface area (Å²) in [5, 5.41) is 13.2. The Balaban J connectivity index is 0.000000178. The molecule has 3 aromatic rings. The van der Waals surface area contributed by atoms with Crippen LogP contribution in [0.4, 0.5) is 4.79 Å². The maximum atomic E-state index is 10.9. The normalized spacial score (nSPS) is 15.6. The predicted molar refractivity (Wildman–Crippen MR) is 144 cm³/mol. The highest BCUT2D eigenvalue weighted by Gasteiger charge is 2.43. The fourth-order valence-electron chi connectivity index (χ4n) is 4.45. The van der Waals surface area contributed by atoms with Crippen molar-refractivity contribution >= 4 is 23.6 Å². The van der Waals surface area contributed by atoms with E-state index in [1.807, 2.05) is 0 Å². The minimum Gasteiger partial charge on any atom is -0.465 e. The Hall–Kier alpha value is -4.66. The summed E-state index contributed by atoms with van der Waals surface area (Å²) in [6, 6.07) is 22.1. The summed E-state index contributed by atoms with van der Waals surface area (Å²) in [6.07, 6.45) is 1.33. The number of rotatable bonds is 4. The molecule has 0 unspecified atom stereocenters. The first-order chi connectivity index (χ1) is 18.2. The van der Waals surface area contributed by atoms with E-state index in [4.69, 9.17) is 21.4 Å². The molecular formula is C29H30N4O5. The number of nitrogens with two attached hydrogens (primary N) is 2. The molecule has 0 saturated carbocycles. The van der Waals surface area contributed by atoms with Gasteiger partial charge in [0.2, 0.25) is 11.8 Å². The average molecular weight is 515 g/mol. The van der Waals surface area contributed by atoms with E-state index in [-0.39, 0.29) is 5.60 Å². The van der Waals surface area contributed by atoms with E-state index >= 15 is 0 Å². The first-order valence-corrected chi connectivity index (χ1v) is 12.3. The number of hydrogen-bond acceptors (Lipinski definition) is 5. The van der Waals surface area contributed by atoms with Crippen molar-refractivity contribution in [3.8, 4) is 11.1 Å². The Morgan fingerprint density at radius 1 is 0.789 bits per heavy atom. The van der Waals surface area contributed by atoms with Crippen LogP contribution in [0.3, 0.4) is 0 Å². The number of nitrogens with zero attached hydrogens (tertiary/aromatic N) is 2. The van der Waals surface area contributed by atoms with Crippen LogP contribution in [0, 0.1) is 6.92 Å². The van der Waals surface area contributed by atoms with Gasteiger partial charge in [0.1, 0.15) is 5.60 Å². The second kappa shape index (κ2) is 11.2. The summed E-state index contributed by atoms with van der Waals surface area (Å²) in [5.74, 6) is -0.906. The number of hydrogen-bond donors (Lipinski definition) is 3. The molecule has 0 radical (unpaired) electrons. The lowest BCUT2D eigenvalue weighted by Crippen LogP contribution is -2.46. The van der Waals surface area contributed by atoms with Crippen LogP contribution >= 0.6 is 0 Å². The quantitative estimate of drug-likeness (QED) is 0.478. The highest BCUT2D eigenvalue weighted by atomic mass is 16.7. The smallest absolute Gasteiger partial charge is 0.407 e. The van der Waals surface area contributed by atoms with E-state index in [0.29, 0.717) is 37.1 Å². The molecule has 5 rings (SSSR count). The van der Waals surface area contributed by atoms with E-state index in [0.717, 1.165) is 28.8 Å². The molecule has 196 valence electrons. The van der Waals surface area contributed by atoms with Crippen LogP contribution < -0.4 is 11.5 Å². The molecule has 0 atom stereocenters. The first-order valence-electron chi connectivity index (χ1n) is 12.3. The van der Waals surface area contributed by atoms with E-state index in [9.17, 15) is 14.4 Å². The van der Waals surface area contributed by atoms with Gasteiger partial charge >= 0.3 is 6.09 Å². The summed E-state index contributed by atoms with van der Waals surface area (Å²) in [6.45, 7) is 3.10. The Labute approximate surface area is 220 Å². The van der Waals surface area contributed by atoms with E-state index in [1.165, 1.54) is 10.5 Å². The summed E-state index contributed by atoms with van der Waals surface area (Å²) >= 11 is 0. The van der Waals surface area contributed by atoms with Crippen LogP contribution in [-0.2, 0) is 4.84 Å². The predicted octanol–water partition coefficient (Wildman–Crippen LogP) is 4.18. The number of carboxylic acid groups (broad SMARTS) is 1. The van der Waals surface area contributed by atoms with Crippen molar-refractivity contribution in [1.82, 2.24) is 4.90 Å². The van der Waals surface area contributed by atoms with Gasteiger partial charge in [0.05, 0.1) is 5.71 Å². The Morgan fingerprint density at radius 2 is 1.24 bits per heavy atom. The molecule has 2 heterocycles. The zero-order chi connectivity index (χ0) is 27.3. The van der Waals surface area contributed by atoms with Gasteiger partial charge in [-0.1, -0.05) is 59.3 Å². The maximum Gasteiger partial charge on any atom is 0.407 e. The van der Waals surface area contributed by atoms with Gasteiger partial charge in [0.15, 0.2) is 0 Å². The first kappa shape index (κ1) is 26.4. The van der Waals surface area contributed by atoms with Crippen molar-refractivity contribution in [1.29, 1.82) is 0 Å². The minimum absolute atomic E-state index is 0.299. The topological polar surface area (TPSA) is 148 Å². The third-order valence-electron chi connectivity index (χ3n) is 6.84. The summed E-state index contributed by atoms with van der Waals surface area (Å²) in [5.41, 5.74) is 16.1. The van der Waals surface area contributed by atoms with Crippen LogP contribution in [0.1, 0.15) is 51.1 Å². The van der Waals surface area contributed by atoms with Gasteiger partial charge in [-0.2, -0.15) is 0 Å². The molecule has 3 amide bonds. The van der Waals surface area contributed by atoms with Crippen LogP contribution in [-0.4, -0.2) is 52.3 Å². The number of benzene rings is 3. The van der Waals surface area contributed by atoms with Crippen molar-refractivity contribution in [3.05, 3.63) is 95.1 Å². The highest BCUT2D eigenvalue weighted by molar-refractivity contribution is 6.01. The number of primary amides is 2. The third kappa shape index (κ3) is 6.18. The molecule has 5 N–H and O–H groups in total. The lowest BCUT2D eigenvalue weighted by molar-refractivity contribution is -0.0576. The van der Waals surface area contributed by atoms with E-state index in [2.05, 4.69) is 36.3 Å². The molecule has 38 heavy (non-hydrogen) atoms. The van der Waals surface area contributed by atoms with Gasteiger partial charge in [0, 0.05) is 43.5 Å². The van der Waals surface area contributed by atoms with Gasteiger partial charge in [-0.25, -0.2) is 4.79 Å². The highest BCUT2D eigenvalue weighted by Crippen LogP contribution is 2.36. The largest absolute Gasteiger partial charge is 0.465 e. The number of amides is 3. The van der Waals surface area contributed by atoms with Gasteiger partial charge in [-0.3, -0.25) is 9.59 Å². The van der Waals surface area contributed by atoms with Gasteiger partial charge in [-0.05, 0) is 47.9 Å². The van der Waals surface area contributed by atoms with Crippen LogP contribution in [0.25, 0.3) is 11.1 Å². The molecule has 3 aromatic carbocycles. The standard InChI is InChI=1S/C15H18N2O3.C14H12N2O2/c1-11-2-4-12(5-3-11)13-10-15(20-16-13)6-8-17(9-7-15)14(18)19;15-13(17)11-5-1-9(2-6-11)10-3-7-12(8-4-10)14(16)18/h2-5H,6-10H2,1H3,(H,18,19);1-8H,(H2,15,17)(H2,16,18). The van der Waals surface area contributed by atoms with Crippen molar-refractivity contribution in [2.24, 2.45) is 16.6 Å². The van der Waals surface area contributed by atoms with Gasteiger partial charge in [0.25, 0.3) is 0 Å². The number of piperidine rings is 1. The Morgan fingerprint density at radius 3 is 1.66 bits per heavy atom. The fourth-order valence-corrected chi connectivity index (χ4v) is 4.45. The maximum absolute atomic E-state index is 10.9. The summed E-state index contributed by atoms with van der Waals surface area (Å²) in [4.78, 5) is 39.9. The molecule has 9 nitrogen and oxygen atoms in total. The van der Waals surface area contributed by atoms with Crippen molar-refractivity contribution in [2.45, 2.75) is 31.8 Å². The van der Waals surface area contributed by atoms with Crippen molar-refractivity contribution < 1.29 is 24.3 Å². The zero-order valence-electron chi connectivity index (χ0n) is 21.1. The molecular weight excluding hydrogens is 484 g/mol. The second-order valence-electron chi connectivity index (χ2n) is 9.51. The van der Waals surface area contributed by atoms with Gasteiger partial charge < -0.3 is 26.3 Å². The van der Waals surface area contributed by atoms with Crippen LogP contribution in [0.5, 0.6) is 0 Å². The summed E-state index contributed by atoms with van der Waals surface area (Å²) in [7, 11) is 0. The number of aryl methyl sites for hydroxylation is 1. The Bertz CT molecular complexity index is 1290. The second-order valence-corrected chi connectivity index (χ2v) is 9.51. The number of likely N-dealkylation sites (tertiary alicyclic amines) is 1. The molecule has 1 spiro atoms. The molecule has 0 aromatic heterocycles. The van der Waals surface area contributed by atoms with E-state index in [1.54, 1.807) is 48.5 Å². The molecule has 2 aliphatic heterocycles. The van der Waals surface area contributed by atoms with Crippen LogP contribution in [0.15, 0.2) is 78.0 Å². The van der Waals surface area contributed by atoms with E-state index < -0.39 is 17.9 Å². The lowest BCUT2D eigenvalue weighted by Gasteiger charge is -2.35. The molecule has 0 bridgehead atoms. The molecule has 1 fully saturated rings. The lowest BCUT2D eigenvalue weighted by atomic mass is 9.85. The van der Waals surface area contributed by atoms with Gasteiger partial charge in [-0.15, -0.1) is 0 Å². The van der Waals surface area contributed by atoms with Crippen LogP contribution in [0.2, 0.25) is 0 Å². The zero-order valence-corrected chi connectivity index (χ0v) is 21.1. The number of carbonyl (C=O) groups excluding carboxylic acids is 2.